The van der Waals surface area contributed by atoms with Crippen LogP contribution >= 0.6 is 0 Å². The molecular formula is C14H23N3O2. The molecule has 1 aromatic rings. The van der Waals surface area contributed by atoms with Crippen LogP contribution in [0.4, 0.5) is 5.69 Å². The Labute approximate surface area is 114 Å². The zero-order valence-electron chi connectivity index (χ0n) is 11.3. The fourth-order valence-corrected chi connectivity index (χ4v) is 2.52. The van der Waals surface area contributed by atoms with Crippen LogP contribution in [0.2, 0.25) is 0 Å². The number of aromatic hydroxyl groups is 1. The minimum absolute atomic E-state index is 0.218. The first kappa shape index (κ1) is 14.1. The summed E-state index contributed by atoms with van der Waals surface area (Å²) in [6.07, 6.45) is 1.09. The number of phenolic OH excluding ortho intramolecular Hbond substituents is 1. The van der Waals surface area contributed by atoms with Crippen molar-refractivity contribution in [1.82, 2.24) is 9.80 Å². The van der Waals surface area contributed by atoms with Crippen molar-refractivity contribution in [2.24, 2.45) is 0 Å². The van der Waals surface area contributed by atoms with Crippen molar-refractivity contribution in [3.63, 3.8) is 0 Å². The summed E-state index contributed by atoms with van der Waals surface area (Å²) in [5.74, 6) is 0.311. The summed E-state index contributed by atoms with van der Waals surface area (Å²) in [6, 6.07) is 5.20. The predicted molar refractivity (Wildman–Crippen MR) is 75.9 cm³/mol. The number of hydrogen-bond donors (Lipinski definition) is 3. The third-order valence-electron chi connectivity index (χ3n) is 3.59. The first-order valence-corrected chi connectivity index (χ1v) is 6.82. The van der Waals surface area contributed by atoms with Crippen molar-refractivity contribution >= 4 is 5.69 Å². The van der Waals surface area contributed by atoms with Crippen LogP contribution in [0.25, 0.3) is 0 Å². The lowest BCUT2D eigenvalue weighted by Gasteiger charge is -2.21. The molecule has 0 aromatic heterocycles. The number of anilines is 1. The van der Waals surface area contributed by atoms with Crippen molar-refractivity contribution in [3.8, 4) is 5.75 Å². The third kappa shape index (κ3) is 4.09. The Morgan fingerprint density at radius 1 is 1.11 bits per heavy atom. The van der Waals surface area contributed by atoms with E-state index < -0.39 is 0 Å². The average Bonchev–Trinajstić information content (AvgIpc) is 2.60. The fraction of sp³-hybridized carbons (Fsp3) is 0.571. The molecule has 1 fully saturated rings. The molecule has 5 nitrogen and oxygen atoms in total. The minimum atomic E-state index is 0.218. The first-order valence-electron chi connectivity index (χ1n) is 6.82. The van der Waals surface area contributed by atoms with E-state index in [9.17, 15) is 5.11 Å². The lowest BCUT2D eigenvalue weighted by atomic mass is 10.1. The highest BCUT2D eigenvalue weighted by Crippen LogP contribution is 2.21. The number of aliphatic hydroxyl groups excluding tert-OH is 1. The standard InChI is InChI=1S/C14H23N3O2/c15-13-2-3-14(19)12(10-13)11-17-5-1-4-16(6-7-17)8-9-18/h2-3,10,18-19H,1,4-9,11,15H2. The van der Waals surface area contributed by atoms with Gasteiger partial charge in [-0.05, 0) is 37.7 Å². The molecule has 0 spiro atoms. The summed E-state index contributed by atoms with van der Waals surface area (Å²) in [5, 5.41) is 18.8. The number of nitrogens with two attached hydrogens (primary N) is 1. The molecule has 2 rings (SSSR count). The largest absolute Gasteiger partial charge is 0.508 e. The number of hydrogen-bond acceptors (Lipinski definition) is 5. The summed E-state index contributed by atoms with van der Waals surface area (Å²) in [4.78, 5) is 4.60. The van der Waals surface area contributed by atoms with E-state index in [1.165, 1.54) is 0 Å². The third-order valence-corrected chi connectivity index (χ3v) is 3.59. The number of nitrogens with zero attached hydrogens (tertiary/aromatic N) is 2. The molecule has 0 unspecified atom stereocenters. The van der Waals surface area contributed by atoms with Crippen LogP contribution in [0, 0.1) is 0 Å². The maximum Gasteiger partial charge on any atom is 0.120 e. The second-order valence-corrected chi connectivity index (χ2v) is 5.08. The van der Waals surface area contributed by atoms with Crippen LogP contribution in [0.15, 0.2) is 18.2 Å². The second-order valence-electron chi connectivity index (χ2n) is 5.08. The number of β-amino-alcohol motifs (C(OH)–C–C–N with tert-alkyl or cyclic N) is 1. The topological polar surface area (TPSA) is 73.0 Å². The van der Waals surface area contributed by atoms with Gasteiger partial charge < -0.3 is 15.9 Å². The van der Waals surface area contributed by atoms with Gasteiger partial charge in [-0.25, -0.2) is 0 Å². The SMILES string of the molecule is Nc1ccc(O)c(CN2CCCN(CCO)CC2)c1. The van der Waals surface area contributed by atoms with E-state index in [0.29, 0.717) is 11.4 Å². The van der Waals surface area contributed by atoms with E-state index >= 15 is 0 Å². The Morgan fingerprint density at radius 3 is 2.63 bits per heavy atom. The molecule has 4 N–H and O–H groups in total. The van der Waals surface area contributed by atoms with E-state index in [2.05, 4.69) is 9.80 Å². The summed E-state index contributed by atoms with van der Waals surface area (Å²) in [5.41, 5.74) is 7.33. The van der Waals surface area contributed by atoms with Crippen LogP contribution in [0.5, 0.6) is 5.75 Å². The van der Waals surface area contributed by atoms with Gasteiger partial charge in [-0.1, -0.05) is 0 Å². The molecule has 1 aliphatic heterocycles. The summed E-state index contributed by atoms with van der Waals surface area (Å²) in [6.45, 7) is 5.64. The zero-order chi connectivity index (χ0) is 13.7. The van der Waals surface area contributed by atoms with Crippen molar-refractivity contribution in [1.29, 1.82) is 0 Å². The van der Waals surface area contributed by atoms with Crippen LogP contribution < -0.4 is 5.73 Å². The van der Waals surface area contributed by atoms with Gasteiger partial charge in [0.25, 0.3) is 0 Å². The van der Waals surface area contributed by atoms with Crippen LogP contribution in [-0.4, -0.2) is 59.3 Å². The molecule has 0 saturated carbocycles. The van der Waals surface area contributed by atoms with E-state index in [4.69, 9.17) is 10.8 Å². The van der Waals surface area contributed by atoms with Gasteiger partial charge in [-0.3, -0.25) is 9.80 Å². The van der Waals surface area contributed by atoms with Crippen molar-refractivity contribution in [3.05, 3.63) is 23.8 Å². The fourth-order valence-electron chi connectivity index (χ4n) is 2.52. The van der Waals surface area contributed by atoms with Crippen LogP contribution in [0.1, 0.15) is 12.0 Å². The average molecular weight is 265 g/mol. The van der Waals surface area contributed by atoms with Crippen LogP contribution in [0.3, 0.4) is 0 Å². The summed E-state index contributed by atoms with van der Waals surface area (Å²) >= 11 is 0. The van der Waals surface area contributed by atoms with Gasteiger partial charge in [0.1, 0.15) is 5.75 Å². The van der Waals surface area contributed by atoms with Gasteiger partial charge in [-0.15, -0.1) is 0 Å². The smallest absolute Gasteiger partial charge is 0.120 e. The van der Waals surface area contributed by atoms with E-state index in [-0.39, 0.29) is 6.61 Å². The highest BCUT2D eigenvalue weighted by molar-refractivity contribution is 5.47. The van der Waals surface area contributed by atoms with Gasteiger partial charge in [0, 0.05) is 37.4 Å². The first-order chi connectivity index (χ1) is 9.19. The number of rotatable bonds is 4. The zero-order valence-corrected chi connectivity index (χ0v) is 11.3. The molecule has 5 heteroatoms. The Kier molecular flexibility index (Phi) is 5.01. The normalized spacial score (nSPS) is 18.4. The van der Waals surface area contributed by atoms with Crippen molar-refractivity contribution < 1.29 is 10.2 Å². The predicted octanol–water partition coefficient (Wildman–Crippen LogP) is 0.474. The van der Waals surface area contributed by atoms with Gasteiger partial charge in [0.2, 0.25) is 0 Å². The summed E-state index contributed by atoms with van der Waals surface area (Å²) in [7, 11) is 0. The number of nitrogen functional groups attached to an aromatic ring is 1. The van der Waals surface area contributed by atoms with E-state index in [1.807, 2.05) is 6.07 Å². The molecule has 1 aliphatic rings. The highest BCUT2D eigenvalue weighted by Gasteiger charge is 2.15. The maximum atomic E-state index is 9.85. The lowest BCUT2D eigenvalue weighted by Crippen LogP contribution is -2.32. The van der Waals surface area contributed by atoms with Crippen LogP contribution in [-0.2, 0) is 6.54 Å². The van der Waals surface area contributed by atoms with Crippen molar-refractivity contribution in [2.45, 2.75) is 13.0 Å². The molecule has 0 bridgehead atoms. The monoisotopic (exact) mass is 265 g/mol. The van der Waals surface area contributed by atoms with Gasteiger partial charge in [-0.2, -0.15) is 0 Å². The Bertz CT molecular complexity index is 412. The molecule has 1 aromatic carbocycles. The Hall–Kier alpha value is -1.30. The maximum absolute atomic E-state index is 9.85. The Morgan fingerprint density at radius 2 is 1.84 bits per heavy atom. The molecule has 0 atom stereocenters. The quantitative estimate of drug-likeness (QED) is 0.545. The van der Waals surface area contributed by atoms with Gasteiger partial charge in [0.15, 0.2) is 0 Å². The highest BCUT2D eigenvalue weighted by atomic mass is 16.3. The molecule has 106 valence electrons. The van der Waals surface area contributed by atoms with E-state index in [1.54, 1.807) is 12.1 Å². The molecule has 0 radical (unpaired) electrons. The Balaban J connectivity index is 1.94. The molecule has 0 amide bonds. The minimum Gasteiger partial charge on any atom is -0.508 e. The number of benzene rings is 1. The summed E-state index contributed by atoms with van der Waals surface area (Å²) < 4.78 is 0. The van der Waals surface area contributed by atoms with Gasteiger partial charge >= 0.3 is 0 Å². The molecule has 0 aliphatic carbocycles. The second kappa shape index (κ2) is 6.75. The molecule has 19 heavy (non-hydrogen) atoms. The van der Waals surface area contributed by atoms with Crippen molar-refractivity contribution in [2.75, 3.05) is 45.1 Å². The molecule has 1 saturated heterocycles. The number of phenols is 1. The van der Waals surface area contributed by atoms with Gasteiger partial charge in [0.05, 0.1) is 6.61 Å². The molecule has 1 heterocycles. The number of aliphatic hydroxyl groups is 1. The van der Waals surface area contributed by atoms with E-state index in [0.717, 1.165) is 51.3 Å². The lowest BCUT2D eigenvalue weighted by molar-refractivity contribution is 0.195. The molecular weight excluding hydrogens is 242 g/mol.